The summed E-state index contributed by atoms with van der Waals surface area (Å²) in [6, 6.07) is 0.291. The maximum atomic E-state index is 9.78. The van der Waals surface area contributed by atoms with E-state index >= 15 is 0 Å². The molecule has 150 valence electrons. The third-order valence-electron chi connectivity index (χ3n) is 5.37. The number of aromatic nitrogens is 2. The topological polar surface area (TPSA) is 109 Å². The van der Waals surface area contributed by atoms with Crippen molar-refractivity contribution in [3.8, 4) is 0 Å². The lowest BCUT2D eigenvalue weighted by Crippen LogP contribution is -2.44. The van der Waals surface area contributed by atoms with Crippen molar-refractivity contribution < 1.29 is 5.11 Å². The number of rotatable bonds is 7. The summed E-state index contributed by atoms with van der Waals surface area (Å²) in [5, 5.41) is 28.4. The first kappa shape index (κ1) is 19.8. The first-order chi connectivity index (χ1) is 13.1. The number of hydrogen-bond acceptors (Lipinski definition) is 8. The average molecular weight is 376 g/mol. The Morgan fingerprint density at radius 3 is 2.56 bits per heavy atom. The van der Waals surface area contributed by atoms with E-state index in [0.29, 0.717) is 29.8 Å². The molecule has 2 fully saturated rings. The number of aliphatic hydroxyl groups excluding tert-OH is 1. The van der Waals surface area contributed by atoms with E-state index in [-0.39, 0.29) is 6.10 Å². The smallest absolute Gasteiger partial charge is 0.228 e. The molecule has 0 unspecified atom stereocenters. The number of aliphatic hydroxyl groups is 1. The molecule has 2 aliphatic rings. The third-order valence-corrected chi connectivity index (χ3v) is 5.37. The molecule has 1 aromatic heterocycles. The van der Waals surface area contributed by atoms with Crippen LogP contribution in [0.25, 0.3) is 0 Å². The van der Waals surface area contributed by atoms with Crippen molar-refractivity contribution in [1.29, 1.82) is 5.41 Å². The van der Waals surface area contributed by atoms with Gasteiger partial charge in [-0.05, 0) is 32.1 Å². The lowest BCUT2D eigenvalue weighted by molar-refractivity contribution is 0.126. The predicted octanol–water partition coefficient (Wildman–Crippen LogP) is 1.81. The zero-order chi connectivity index (χ0) is 19.2. The van der Waals surface area contributed by atoms with Gasteiger partial charge in [-0.15, -0.1) is 0 Å². The van der Waals surface area contributed by atoms with Gasteiger partial charge in [-0.3, -0.25) is 0 Å². The van der Waals surface area contributed by atoms with E-state index in [4.69, 9.17) is 15.4 Å². The number of piperazine rings is 1. The van der Waals surface area contributed by atoms with Gasteiger partial charge in [0.1, 0.15) is 11.4 Å². The van der Waals surface area contributed by atoms with Crippen LogP contribution in [0.5, 0.6) is 0 Å². The van der Waals surface area contributed by atoms with Crippen molar-refractivity contribution in [2.45, 2.75) is 57.6 Å². The van der Waals surface area contributed by atoms with Crippen LogP contribution in [0.4, 0.5) is 17.5 Å². The van der Waals surface area contributed by atoms with Gasteiger partial charge in [0.15, 0.2) is 5.82 Å². The second-order valence-electron chi connectivity index (χ2n) is 7.46. The molecule has 1 saturated heterocycles. The van der Waals surface area contributed by atoms with Crippen LogP contribution in [0, 0.1) is 5.41 Å². The molecule has 1 aliphatic heterocycles. The second kappa shape index (κ2) is 9.32. The molecule has 3 rings (SSSR count). The first-order valence-corrected chi connectivity index (χ1v) is 10.2. The van der Waals surface area contributed by atoms with Crippen LogP contribution in [-0.2, 0) is 0 Å². The predicted molar refractivity (Wildman–Crippen MR) is 110 cm³/mol. The molecule has 1 aromatic rings. The van der Waals surface area contributed by atoms with Crippen molar-refractivity contribution in [1.82, 2.24) is 15.3 Å². The molecule has 0 atom stereocenters. The van der Waals surface area contributed by atoms with Crippen LogP contribution >= 0.6 is 0 Å². The summed E-state index contributed by atoms with van der Waals surface area (Å²) < 4.78 is 0. The van der Waals surface area contributed by atoms with E-state index in [1.54, 1.807) is 0 Å². The highest BCUT2D eigenvalue weighted by Gasteiger charge is 2.24. The van der Waals surface area contributed by atoms with Gasteiger partial charge in [0.25, 0.3) is 0 Å². The molecule has 0 amide bonds. The zero-order valence-corrected chi connectivity index (χ0v) is 16.5. The summed E-state index contributed by atoms with van der Waals surface area (Å²) in [5.74, 6) is 1.47. The summed E-state index contributed by atoms with van der Waals surface area (Å²) in [5.41, 5.74) is 2.04. The standard InChI is InChI=1S/C19H33N7O/c1-3-4-15(20)16-17(21-2)18(23-13-5-7-14(27)8-6-13)25-19(24-16)26-11-9-22-10-12-26/h13-14,20-22,27H,3-12H2,1-2H3,(H,23,24,25). The molecule has 5 N–H and O–H groups in total. The Hall–Kier alpha value is -1.93. The maximum absolute atomic E-state index is 9.78. The lowest BCUT2D eigenvalue weighted by atomic mass is 9.93. The first-order valence-electron chi connectivity index (χ1n) is 10.2. The van der Waals surface area contributed by atoms with Gasteiger partial charge in [0.05, 0.1) is 11.8 Å². The summed E-state index contributed by atoms with van der Waals surface area (Å²) in [4.78, 5) is 11.8. The molecule has 0 spiro atoms. The van der Waals surface area contributed by atoms with E-state index in [9.17, 15) is 5.11 Å². The highest BCUT2D eigenvalue weighted by atomic mass is 16.3. The third kappa shape index (κ3) is 4.87. The van der Waals surface area contributed by atoms with Gasteiger partial charge >= 0.3 is 0 Å². The number of anilines is 3. The van der Waals surface area contributed by atoms with E-state index in [1.165, 1.54) is 0 Å². The van der Waals surface area contributed by atoms with Crippen molar-refractivity contribution in [3.05, 3.63) is 5.69 Å². The maximum Gasteiger partial charge on any atom is 0.228 e. The molecule has 27 heavy (non-hydrogen) atoms. The minimum atomic E-state index is -0.179. The van der Waals surface area contributed by atoms with Crippen molar-refractivity contribution >= 4 is 23.2 Å². The number of hydrogen-bond donors (Lipinski definition) is 5. The van der Waals surface area contributed by atoms with E-state index in [0.717, 1.165) is 69.8 Å². The summed E-state index contributed by atoms with van der Waals surface area (Å²) in [6.07, 6.45) is 4.93. The Kier molecular flexibility index (Phi) is 6.84. The highest BCUT2D eigenvalue weighted by molar-refractivity contribution is 6.03. The SMILES string of the molecule is CCCC(=N)c1nc(N2CCNCC2)nc(NC2CCC(O)CC2)c1NC. The molecule has 0 aromatic carbocycles. The summed E-state index contributed by atoms with van der Waals surface area (Å²) in [7, 11) is 1.86. The lowest BCUT2D eigenvalue weighted by Gasteiger charge is -2.30. The quantitative estimate of drug-likeness (QED) is 0.462. The van der Waals surface area contributed by atoms with Crippen LogP contribution < -0.4 is 20.9 Å². The number of nitrogens with one attached hydrogen (secondary N) is 4. The van der Waals surface area contributed by atoms with Crippen molar-refractivity contribution in [2.75, 3.05) is 48.8 Å². The highest BCUT2D eigenvalue weighted by Crippen LogP contribution is 2.30. The Labute approximate surface area is 161 Å². The minimum Gasteiger partial charge on any atom is -0.393 e. The molecule has 2 heterocycles. The Morgan fingerprint density at radius 1 is 1.22 bits per heavy atom. The molecular formula is C19H33N7O. The van der Waals surface area contributed by atoms with Gasteiger partial charge in [-0.25, -0.2) is 4.98 Å². The van der Waals surface area contributed by atoms with Gasteiger partial charge in [-0.2, -0.15) is 4.98 Å². The molecular weight excluding hydrogens is 342 g/mol. The van der Waals surface area contributed by atoms with Gasteiger partial charge < -0.3 is 31.4 Å². The second-order valence-corrected chi connectivity index (χ2v) is 7.46. The number of nitrogens with zero attached hydrogens (tertiary/aromatic N) is 3. The van der Waals surface area contributed by atoms with Crippen molar-refractivity contribution in [3.63, 3.8) is 0 Å². The molecule has 1 saturated carbocycles. The van der Waals surface area contributed by atoms with Gasteiger partial charge in [0.2, 0.25) is 5.95 Å². The van der Waals surface area contributed by atoms with Gasteiger partial charge in [-0.1, -0.05) is 13.3 Å². The van der Waals surface area contributed by atoms with Crippen LogP contribution in [-0.4, -0.2) is 66.2 Å². The minimum absolute atomic E-state index is 0.179. The molecule has 1 aliphatic carbocycles. The monoisotopic (exact) mass is 375 g/mol. The van der Waals surface area contributed by atoms with Gasteiger partial charge in [0, 0.05) is 39.3 Å². The van der Waals surface area contributed by atoms with Crippen LogP contribution in [0.3, 0.4) is 0 Å². The Bertz CT molecular complexity index is 637. The fourth-order valence-corrected chi connectivity index (χ4v) is 3.80. The summed E-state index contributed by atoms with van der Waals surface area (Å²) in [6.45, 7) is 5.66. The Balaban J connectivity index is 1.92. The van der Waals surface area contributed by atoms with E-state index in [1.807, 2.05) is 7.05 Å². The normalized spacial score (nSPS) is 23.1. The van der Waals surface area contributed by atoms with E-state index in [2.05, 4.69) is 27.8 Å². The average Bonchev–Trinajstić information content (AvgIpc) is 2.70. The fraction of sp³-hybridized carbons (Fsp3) is 0.737. The van der Waals surface area contributed by atoms with Crippen molar-refractivity contribution in [2.24, 2.45) is 0 Å². The largest absolute Gasteiger partial charge is 0.393 e. The zero-order valence-electron chi connectivity index (χ0n) is 16.5. The fourth-order valence-electron chi connectivity index (χ4n) is 3.80. The van der Waals surface area contributed by atoms with E-state index < -0.39 is 0 Å². The summed E-state index contributed by atoms with van der Waals surface area (Å²) >= 11 is 0. The molecule has 8 nitrogen and oxygen atoms in total. The molecule has 8 heteroatoms. The van der Waals surface area contributed by atoms with Crippen LogP contribution in [0.1, 0.15) is 51.1 Å². The van der Waals surface area contributed by atoms with Crippen LogP contribution in [0.2, 0.25) is 0 Å². The molecule has 0 bridgehead atoms. The Morgan fingerprint density at radius 2 is 1.93 bits per heavy atom. The van der Waals surface area contributed by atoms with Crippen LogP contribution in [0.15, 0.2) is 0 Å². The molecule has 0 radical (unpaired) electrons.